The van der Waals surface area contributed by atoms with E-state index in [1.807, 2.05) is 6.07 Å². The van der Waals surface area contributed by atoms with Crippen molar-refractivity contribution in [3.63, 3.8) is 0 Å². The summed E-state index contributed by atoms with van der Waals surface area (Å²) in [6.07, 6.45) is 3.66. The molecular weight excluding hydrogens is 312 g/mol. The number of unbranched alkanes of at least 4 members (excludes halogenated alkanes) is 1. The maximum Gasteiger partial charge on any atom is 0.407 e. The van der Waals surface area contributed by atoms with E-state index in [-0.39, 0.29) is 5.57 Å². The van der Waals surface area contributed by atoms with Crippen LogP contribution in [0.3, 0.4) is 0 Å². The lowest BCUT2D eigenvalue weighted by molar-refractivity contribution is -0.117. The molecule has 0 spiro atoms. The Morgan fingerprint density at radius 1 is 1.08 bits per heavy atom. The van der Waals surface area contributed by atoms with Crippen molar-refractivity contribution in [2.24, 2.45) is 0 Å². The number of rotatable bonds is 13. The van der Waals surface area contributed by atoms with Gasteiger partial charge in [-0.15, -0.1) is 0 Å². The Morgan fingerprint density at radius 3 is 2.50 bits per heavy atom. The first kappa shape index (κ1) is 21.7. The summed E-state index contributed by atoms with van der Waals surface area (Å²) in [7, 11) is 0. The van der Waals surface area contributed by atoms with E-state index in [1.54, 1.807) is 6.92 Å². The molecule has 0 aromatic carbocycles. The Bertz CT molecular complexity index is 432. The van der Waals surface area contributed by atoms with Crippen molar-refractivity contribution in [3.8, 4) is 6.07 Å². The van der Waals surface area contributed by atoms with Crippen LogP contribution in [0.1, 0.15) is 33.1 Å². The normalized spacial score (nSPS) is 10.6. The lowest BCUT2D eigenvalue weighted by atomic mass is 10.3. The number of ether oxygens (including phenoxy) is 2. The van der Waals surface area contributed by atoms with Gasteiger partial charge < -0.3 is 25.4 Å². The monoisotopic (exact) mass is 340 g/mol. The van der Waals surface area contributed by atoms with Gasteiger partial charge in [0.2, 0.25) is 0 Å². The quantitative estimate of drug-likeness (QED) is 0.262. The average Bonchev–Trinajstić information content (AvgIpc) is 2.57. The second-order valence-corrected chi connectivity index (χ2v) is 4.85. The molecule has 0 aliphatic heterocycles. The summed E-state index contributed by atoms with van der Waals surface area (Å²) >= 11 is 0. The number of nitriles is 1. The average molecular weight is 340 g/mol. The Kier molecular flexibility index (Phi) is 14.1. The Hall–Kier alpha value is -2.27. The molecular formula is C16H28N4O4. The van der Waals surface area contributed by atoms with Crippen LogP contribution in [-0.4, -0.2) is 51.5 Å². The second kappa shape index (κ2) is 15.6. The minimum absolute atomic E-state index is 0.0157. The summed E-state index contributed by atoms with van der Waals surface area (Å²) in [5.74, 6) is -0.433. The van der Waals surface area contributed by atoms with E-state index < -0.39 is 12.0 Å². The van der Waals surface area contributed by atoms with Crippen molar-refractivity contribution < 1.29 is 19.1 Å². The molecule has 0 unspecified atom stereocenters. The standard InChI is InChI=1S/C16H28N4O4/c1-3-5-10-23-11-6-7-19-15(21)14(12-17)13-18-8-9-20-16(22)24-4-2/h13,18H,3-11H2,1-2H3,(H,19,21)(H,20,22)/b14-13-. The third-order valence-corrected chi connectivity index (χ3v) is 2.82. The molecule has 0 fully saturated rings. The molecule has 0 heterocycles. The van der Waals surface area contributed by atoms with Crippen molar-refractivity contribution in [2.75, 3.05) is 39.5 Å². The maximum atomic E-state index is 11.8. The van der Waals surface area contributed by atoms with Crippen molar-refractivity contribution in [3.05, 3.63) is 11.8 Å². The lowest BCUT2D eigenvalue weighted by Gasteiger charge is -2.07. The van der Waals surface area contributed by atoms with Gasteiger partial charge in [-0.1, -0.05) is 13.3 Å². The van der Waals surface area contributed by atoms with Crippen LogP contribution in [0.2, 0.25) is 0 Å². The highest BCUT2D eigenvalue weighted by Crippen LogP contribution is 1.92. The van der Waals surface area contributed by atoms with Gasteiger partial charge in [0.05, 0.1) is 6.61 Å². The van der Waals surface area contributed by atoms with Gasteiger partial charge in [-0.2, -0.15) is 5.26 Å². The first-order valence-electron chi connectivity index (χ1n) is 8.25. The molecule has 0 aliphatic carbocycles. The molecule has 0 aromatic heterocycles. The highest BCUT2D eigenvalue weighted by molar-refractivity contribution is 5.97. The van der Waals surface area contributed by atoms with Gasteiger partial charge in [0.25, 0.3) is 5.91 Å². The predicted molar refractivity (Wildman–Crippen MR) is 90.1 cm³/mol. The SMILES string of the molecule is CCCCOCCCNC(=O)/C(C#N)=C\NCCNC(=O)OCC. The van der Waals surface area contributed by atoms with Crippen molar-refractivity contribution in [1.29, 1.82) is 5.26 Å². The smallest absolute Gasteiger partial charge is 0.407 e. The number of nitrogens with zero attached hydrogens (tertiary/aromatic N) is 1. The molecule has 0 aromatic rings. The van der Waals surface area contributed by atoms with Crippen LogP contribution in [0.5, 0.6) is 0 Å². The van der Waals surface area contributed by atoms with Crippen molar-refractivity contribution >= 4 is 12.0 Å². The molecule has 24 heavy (non-hydrogen) atoms. The van der Waals surface area contributed by atoms with E-state index in [0.717, 1.165) is 19.4 Å². The second-order valence-electron chi connectivity index (χ2n) is 4.85. The summed E-state index contributed by atoms with van der Waals surface area (Å²) in [6.45, 7) is 6.60. The topological polar surface area (TPSA) is 112 Å². The zero-order valence-corrected chi connectivity index (χ0v) is 14.5. The molecule has 0 atom stereocenters. The summed E-state index contributed by atoms with van der Waals surface area (Å²) in [4.78, 5) is 22.8. The molecule has 2 amide bonds. The van der Waals surface area contributed by atoms with E-state index >= 15 is 0 Å². The Labute approximate surface area is 143 Å². The highest BCUT2D eigenvalue weighted by atomic mass is 16.5. The molecule has 0 rings (SSSR count). The fourth-order valence-electron chi connectivity index (χ4n) is 1.56. The van der Waals surface area contributed by atoms with E-state index in [1.165, 1.54) is 6.20 Å². The number of carbonyl (C=O) groups excluding carboxylic acids is 2. The predicted octanol–water partition coefficient (Wildman–Crippen LogP) is 1.05. The molecule has 136 valence electrons. The summed E-state index contributed by atoms with van der Waals surface area (Å²) in [6, 6.07) is 1.83. The number of amides is 2. The minimum atomic E-state index is -0.498. The summed E-state index contributed by atoms with van der Waals surface area (Å²) < 4.78 is 10.1. The van der Waals surface area contributed by atoms with Gasteiger partial charge in [-0.05, 0) is 19.8 Å². The van der Waals surface area contributed by atoms with Gasteiger partial charge in [-0.25, -0.2) is 4.79 Å². The lowest BCUT2D eigenvalue weighted by Crippen LogP contribution is -2.31. The van der Waals surface area contributed by atoms with E-state index in [9.17, 15) is 9.59 Å². The first-order chi connectivity index (χ1) is 11.7. The number of carbonyl (C=O) groups is 2. The fraction of sp³-hybridized carbons (Fsp3) is 0.688. The largest absolute Gasteiger partial charge is 0.450 e. The van der Waals surface area contributed by atoms with Crippen LogP contribution >= 0.6 is 0 Å². The van der Waals surface area contributed by atoms with E-state index in [2.05, 4.69) is 22.9 Å². The van der Waals surface area contributed by atoms with E-state index in [4.69, 9.17) is 14.7 Å². The molecule has 8 heteroatoms. The van der Waals surface area contributed by atoms with Crippen LogP contribution in [-0.2, 0) is 14.3 Å². The van der Waals surface area contributed by atoms with Crippen molar-refractivity contribution in [2.45, 2.75) is 33.1 Å². The van der Waals surface area contributed by atoms with Crippen LogP contribution in [0, 0.1) is 11.3 Å². The molecule has 3 N–H and O–H groups in total. The Balaban J connectivity index is 3.83. The third kappa shape index (κ3) is 12.3. The molecule has 0 saturated heterocycles. The summed E-state index contributed by atoms with van der Waals surface area (Å²) in [5, 5.41) is 17.0. The molecule has 0 saturated carbocycles. The maximum absolute atomic E-state index is 11.8. The molecule has 0 radical (unpaired) electrons. The van der Waals surface area contributed by atoms with Crippen LogP contribution in [0.4, 0.5) is 4.79 Å². The van der Waals surface area contributed by atoms with E-state index in [0.29, 0.717) is 39.3 Å². The zero-order valence-electron chi connectivity index (χ0n) is 14.5. The zero-order chi connectivity index (χ0) is 18.0. The first-order valence-corrected chi connectivity index (χ1v) is 8.25. The number of hydrogen-bond acceptors (Lipinski definition) is 6. The molecule has 0 bridgehead atoms. The van der Waals surface area contributed by atoms with Crippen LogP contribution < -0.4 is 16.0 Å². The van der Waals surface area contributed by atoms with Gasteiger partial charge >= 0.3 is 6.09 Å². The molecule has 0 aliphatic rings. The fourth-order valence-corrected chi connectivity index (χ4v) is 1.56. The third-order valence-electron chi connectivity index (χ3n) is 2.82. The van der Waals surface area contributed by atoms with Crippen LogP contribution in [0.25, 0.3) is 0 Å². The number of alkyl carbamates (subject to hydrolysis) is 1. The number of nitrogens with one attached hydrogen (secondary N) is 3. The van der Waals surface area contributed by atoms with Gasteiger partial charge in [-0.3, -0.25) is 4.79 Å². The van der Waals surface area contributed by atoms with Gasteiger partial charge in [0.15, 0.2) is 0 Å². The Morgan fingerprint density at radius 2 is 1.83 bits per heavy atom. The van der Waals surface area contributed by atoms with Crippen molar-refractivity contribution in [1.82, 2.24) is 16.0 Å². The number of hydrogen-bond donors (Lipinski definition) is 3. The van der Waals surface area contributed by atoms with Gasteiger partial charge in [0, 0.05) is 39.0 Å². The minimum Gasteiger partial charge on any atom is -0.450 e. The molecule has 8 nitrogen and oxygen atoms in total. The van der Waals surface area contributed by atoms with Gasteiger partial charge in [0.1, 0.15) is 11.6 Å². The highest BCUT2D eigenvalue weighted by Gasteiger charge is 2.07. The van der Waals surface area contributed by atoms with Crippen LogP contribution in [0.15, 0.2) is 11.8 Å². The summed E-state index contributed by atoms with van der Waals surface area (Å²) in [5.41, 5.74) is -0.0157.